The molecule has 1 amide bonds. The maximum Gasteiger partial charge on any atom is 0.338 e. The lowest BCUT2D eigenvalue weighted by atomic mass is 9.94. The smallest absolute Gasteiger partial charge is 0.338 e. The Balaban J connectivity index is 2.17. The fraction of sp³-hybridized carbons (Fsp3) is 0.389. The zero-order valence-electron chi connectivity index (χ0n) is 14.3. The van der Waals surface area contributed by atoms with E-state index in [1.54, 1.807) is 32.0 Å². The summed E-state index contributed by atoms with van der Waals surface area (Å²) in [6.45, 7) is 5.50. The highest BCUT2D eigenvalue weighted by atomic mass is 32.2. The van der Waals surface area contributed by atoms with Crippen LogP contribution in [0, 0.1) is 5.82 Å². The summed E-state index contributed by atoms with van der Waals surface area (Å²) in [5.74, 6) is -1.20. The predicted octanol–water partition coefficient (Wildman–Crippen LogP) is 3.43. The lowest BCUT2D eigenvalue weighted by Crippen LogP contribution is -2.41. The number of benzene rings is 1. The number of carbonyl (C=O) groups is 2. The summed E-state index contributed by atoms with van der Waals surface area (Å²) in [6.07, 6.45) is 0.636. The minimum Gasteiger partial charge on any atom is -0.463 e. The average Bonchev–Trinajstić information content (AvgIpc) is 2.90. The van der Waals surface area contributed by atoms with Crippen LogP contribution in [0.5, 0.6) is 0 Å². The van der Waals surface area contributed by atoms with E-state index in [-0.39, 0.29) is 28.9 Å². The highest BCUT2D eigenvalue weighted by molar-refractivity contribution is 8.15. The molecule has 1 fully saturated rings. The fourth-order valence-electron chi connectivity index (χ4n) is 3.05. The molecule has 1 saturated heterocycles. The van der Waals surface area contributed by atoms with Gasteiger partial charge in [-0.1, -0.05) is 36.9 Å². The van der Waals surface area contributed by atoms with Crippen LogP contribution >= 0.6 is 11.8 Å². The van der Waals surface area contributed by atoms with E-state index in [9.17, 15) is 14.0 Å². The first-order valence-electron chi connectivity index (χ1n) is 8.20. The van der Waals surface area contributed by atoms with E-state index in [4.69, 9.17) is 4.74 Å². The number of hydrogen-bond donors (Lipinski definition) is 0. The van der Waals surface area contributed by atoms with Gasteiger partial charge in [0.1, 0.15) is 11.9 Å². The van der Waals surface area contributed by atoms with Gasteiger partial charge in [-0.25, -0.2) is 14.2 Å². The van der Waals surface area contributed by atoms with Gasteiger partial charge in [-0.2, -0.15) is 0 Å². The largest absolute Gasteiger partial charge is 0.463 e. The maximum absolute atomic E-state index is 14.5. The van der Waals surface area contributed by atoms with Crippen LogP contribution in [0.25, 0.3) is 0 Å². The third-order valence-electron chi connectivity index (χ3n) is 4.22. The number of hydrogen-bond acceptors (Lipinski definition) is 5. The number of nitrogens with zero attached hydrogens (tertiary/aromatic N) is 2. The van der Waals surface area contributed by atoms with Crippen LogP contribution in [0.1, 0.15) is 38.8 Å². The van der Waals surface area contributed by atoms with Gasteiger partial charge in [0.25, 0.3) is 0 Å². The molecule has 0 saturated carbocycles. The van der Waals surface area contributed by atoms with E-state index in [1.807, 2.05) is 6.92 Å². The second kappa shape index (κ2) is 7.00. The molecule has 0 radical (unpaired) electrons. The number of carbonyl (C=O) groups excluding carboxylic acids is 2. The van der Waals surface area contributed by atoms with Crippen molar-refractivity contribution in [3.63, 3.8) is 0 Å². The lowest BCUT2D eigenvalue weighted by molar-refractivity contribution is -0.139. The van der Waals surface area contributed by atoms with Crippen molar-refractivity contribution >= 4 is 28.8 Å². The van der Waals surface area contributed by atoms with Crippen LogP contribution in [0.4, 0.5) is 4.39 Å². The standard InChI is InChI=1S/C18H19FN2O3S/c1-4-13-16(22)21-15(11-8-6-7-9-12(11)19)14(17(23)24-5-2)10(3)20-18(21)25-13/h6-9,13,15H,4-5H2,1-3H3. The van der Waals surface area contributed by atoms with E-state index < -0.39 is 17.8 Å². The number of rotatable bonds is 4. The summed E-state index contributed by atoms with van der Waals surface area (Å²) in [4.78, 5) is 31.2. The Bertz CT molecular complexity index is 790. The Morgan fingerprint density at radius 1 is 1.36 bits per heavy atom. The van der Waals surface area contributed by atoms with E-state index in [2.05, 4.69) is 4.99 Å². The molecule has 3 rings (SSSR count). The molecule has 25 heavy (non-hydrogen) atoms. The second-order valence-electron chi connectivity index (χ2n) is 5.76. The first-order valence-corrected chi connectivity index (χ1v) is 9.08. The topological polar surface area (TPSA) is 59.0 Å². The van der Waals surface area contributed by atoms with Gasteiger partial charge in [-0.3, -0.25) is 9.69 Å². The Morgan fingerprint density at radius 3 is 2.72 bits per heavy atom. The number of fused-ring (bicyclic) bond motifs is 1. The summed E-state index contributed by atoms with van der Waals surface area (Å²) in [6, 6.07) is 5.32. The van der Waals surface area contributed by atoms with Crippen LogP contribution in [0.15, 0.2) is 40.5 Å². The lowest BCUT2D eigenvalue weighted by Gasteiger charge is -2.33. The molecule has 2 aliphatic heterocycles. The van der Waals surface area contributed by atoms with Crippen LogP contribution in [-0.2, 0) is 14.3 Å². The molecule has 2 aliphatic rings. The van der Waals surface area contributed by atoms with Gasteiger partial charge in [0, 0.05) is 5.56 Å². The van der Waals surface area contributed by atoms with E-state index in [0.717, 1.165) is 0 Å². The third kappa shape index (κ3) is 2.97. The van der Waals surface area contributed by atoms with Crippen LogP contribution in [-0.4, -0.2) is 33.8 Å². The van der Waals surface area contributed by atoms with Crippen molar-refractivity contribution in [1.29, 1.82) is 0 Å². The van der Waals surface area contributed by atoms with Gasteiger partial charge in [-0.15, -0.1) is 0 Å². The molecule has 2 atom stereocenters. The molecule has 2 heterocycles. The zero-order valence-corrected chi connectivity index (χ0v) is 15.1. The van der Waals surface area contributed by atoms with E-state index >= 15 is 0 Å². The number of amidine groups is 1. The second-order valence-corrected chi connectivity index (χ2v) is 6.93. The molecule has 0 bridgehead atoms. The van der Waals surface area contributed by atoms with Crippen molar-refractivity contribution in [3.8, 4) is 0 Å². The Hall–Kier alpha value is -2.15. The van der Waals surface area contributed by atoms with Gasteiger partial charge in [0.05, 0.1) is 23.1 Å². The molecular weight excluding hydrogens is 343 g/mol. The Kier molecular flexibility index (Phi) is 4.94. The molecular formula is C18H19FN2O3S. The van der Waals surface area contributed by atoms with Crippen molar-refractivity contribution in [2.45, 2.75) is 38.5 Å². The molecule has 0 N–H and O–H groups in total. The number of amides is 1. The van der Waals surface area contributed by atoms with Crippen molar-refractivity contribution in [2.24, 2.45) is 4.99 Å². The molecule has 132 valence electrons. The van der Waals surface area contributed by atoms with Gasteiger partial charge < -0.3 is 4.74 Å². The van der Waals surface area contributed by atoms with Crippen molar-refractivity contribution < 1.29 is 18.7 Å². The van der Waals surface area contributed by atoms with Crippen LogP contribution in [0.2, 0.25) is 0 Å². The summed E-state index contributed by atoms with van der Waals surface area (Å²) < 4.78 is 19.7. The molecule has 1 aromatic carbocycles. The molecule has 0 spiro atoms. The van der Waals surface area contributed by atoms with Crippen LogP contribution < -0.4 is 0 Å². The summed E-state index contributed by atoms with van der Waals surface area (Å²) >= 11 is 1.36. The number of ether oxygens (including phenoxy) is 1. The quantitative estimate of drug-likeness (QED) is 0.770. The summed E-state index contributed by atoms with van der Waals surface area (Å²) in [5.41, 5.74) is 0.930. The van der Waals surface area contributed by atoms with Gasteiger partial charge in [0.2, 0.25) is 5.91 Å². The summed E-state index contributed by atoms with van der Waals surface area (Å²) in [7, 11) is 0. The van der Waals surface area contributed by atoms with E-state index in [1.165, 1.54) is 22.7 Å². The molecule has 1 aromatic rings. The SMILES string of the molecule is CCOC(=O)C1=C(C)N=C2SC(CC)C(=O)N2C1c1ccccc1F. The van der Waals surface area contributed by atoms with Crippen molar-refractivity contribution in [3.05, 3.63) is 46.9 Å². The Labute approximate surface area is 149 Å². The number of halogens is 1. The minimum absolute atomic E-state index is 0.159. The predicted molar refractivity (Wildman–Crippen MR) is 94.4 cm³/mol. The van der Waals surface area contributed by atoms with E-state index in [0.29, 0.717) is 17.3 Å². The third-order valence-corrected chi connectivity index (χ3v) is 5.54. The Morgan fingerprint density at radius 2 is 2.08 bits per heavy atom. The number of esters is 1. The minimum atomic E-state index is -0.857. The molecule has 7 heteroatoms. The highest BCUT2D eigenvalue weighted by Crippen LogP contribution is 2.44. The average molecular weight is 362 g/mol. The number of allylic oxidation sites excluding steroid dienone is 1. The van der Waals surface area contributed by atoms with Gasteiger partial charge in [-0.05, 0) is 26.3 Å². The normalized spacial score (nSPS) is 22.8. The summed E-state index contributed by atoms with van der Waals surface area (Å²) in [5, 5.41) is 0.234. The van der Waals surface area contributed by atoms with Crippen molar-refractivity contribution in [1.82, 2.24) is 4.90 Å². The first kappa shape index (κ1) is 17.7. The monoisotopic (exact) mass is 362 g/mol. The molecule has 2 unspecified atom stereocenters. The number of aliphatic imine (C=N–C) groups is 1. The number of thioether (sulfide) groups is 1. The fourth-order valence-corrected chi connectivity index (χ4v) is 4.18. The van der Waals surface area contributed by atoms with Gasteiger partial charge >= 0.3 is 5.97 Å². The van der Waals surface area contributed by atoms with Crippen molar-refractivity contribution in [2.75, 3.05) is 6.61 Å². The zero-order chi connectivity index (χ0) is 18.1. The van der Waals surface area contributed by atoms with Crippen LogP contribution in [0.3, 0.4) is 0 Å². The molecule has 0 aromatic heterocycles. The molecule has 5 nitrogen and oxygen atoms in total. The maximum atomic E-state index is 14.5. The van der Waals surface area contributed by atoms with Gasteiger partial charge in [0.15, 0.2) is 5.17 Å². The first-order chi connectivity index (χ1) is 12.0. The highest BCUT2D eigenvalue weighted by Gasteiger charge is 2.47. The molecule has 0 aliphatic carbocycles.